The summed E-state index contributed by atoms with van der Waals surface area (Å²) in [6, 6.07) is 23.9. The zero-order valence-electron chi connectivity index (χ0n) is 22.6. The van der Waals surface area contributed by atoms with Crippen LogP contribution in [0.1, 0.15) is 42.9 Å². The van der Waals surface area contributed by atoms with Crippen LogP contribution in [0.25, 0.3) is 32.7 Å². The van der Waals surface area contributed by atoms with Crippen LogP contribution in [0.3, 0.4) is 0 Å². The number of carbonyl (C=O) groups is 1. The minimum absolute atomic E-state index is 0.228. The monoisotopic (exact) mass is 576 g/mol. The van der Waals surface area contributed by atoms with Gasteiger partial charge in [0, 0.05) is 34.6 Å². The van der Waals surface area contributed by atoms with Crippen molar-refractivity contribution >= 4 is 39.8 Å². The van der Waals surface area contributed by atoms with E-state index < -0.39 is 5.97 Å². The molecule has 9 heteroatoms. The summed E-state index contributed by atoms with van der Waals surface area (Å²) in [7, 11) is 0. The lowest BCUT2D eigenvalue weighted by molar-refractivity contribution is 0.0687. The van der Waals surface area contributed by atoms with Crippen molar-refractivity contribution in [2.24, 2.45) is 5.73 Å². The number of nitrogens with zero attached hydrogens (tertiary/aromatic N) is 3. The normalized spacial score (nSPS) is 14.4. The molecule has 3 aromatic heterocycles. The van der Waals surface area contributed by atoms with Gasteiger partial charge in [0.25, 0.3) is 0 Å². The third-order valence-electron chi connectivity index (χ3n) is 7.24. The maximum atomic E-state index is 12.3. The van der Waals surface area contributed by atoms with Gasteiger partial charge in [-0.05, 0) is 63.5 Å². The van der Waals surface area contributed by atoms with E-state index in [9.17, 15) is 9.90 Å². The van der Waals surface area contributed by atoms with Gasteiger partial charge in [0.15, 0.2) is 5.76 Å². The summed E-state index contributed by atoms with van der Waals surface area (Å²) in [5, 5.41) is 15.1. The largest absolute Gasteiger partial charge is 0.477 e. The summed E-state index contributed by atoms with van der Waals surface area (Å²) < 4.78 is 7.93. The van der Waals surface area contributed by atoms with E-state index >= 15 is 0 Å². The average Bonchev–Trinajstić information content (AvgIpc) is 3.68. The molecular weight excluding hydrogens is 544 g/mol. The first-order chi connectivity index (χ1) is 19.3. The van der Waals surface area contributed by atoms with Crippen LogP contribution in [0.2, 0.25) is 4.34 Å². The first kappa shape index (κ1) is 28.1. The van der Waals surface area contributed by atoms with Crippen molar-refractivity contribution in [3.8, 4) is 21.8 Å². The average molecular weight is 577 g/mol. The minimum Gasteiger partial charge on any atom is -0.477 e. The van der Waals surface area contributed by atoms with Gasteiger partial charge in [-0.1, -0.05) is 65.3 Å². The Hall–Kier alpha value is -3.43. The van der Waals surface area contributed by atoms with Gasteiger partial charge in [0.1, 0.15) is 11.4 Å². The number of piperidine rings is 1. The third-order valence-corrected chi connectivity index (χ3v) is 8.48. The molecule has 0 aliphatic carbocycles. The van der Waals surface area contributed by atoms with E-state index in [1.165, 1.54) is 37.3 Å². The molecule has 4 heterocycles. The van der Waals surface area contributed by atoms with Gasteiger partial charge in [-0.2, -0.15) is 0 Å². The number of rotatable bonds is 6. The Kier molecular flexibility index (Phi) is 8.71. The first-order valence-electron chi connectivity index (χ1n) is 13.4. The fourth-order valence-electron chi connectivity index (χ4n) is 5.13. The SMILES string of the molecule is CC(C)N1CCC(N)CC1.O=C(O)c1c(-c2ccccc2)c2ccccc2n1Cc1cc(-c2ccc(Cl)s2)on1. The Bertz CT molecular complexity index is 1580. The third kappa shape index (κ3) is 6.15. The fourth-order valence-corrected chi connectivity index (χ4v) is 6.13. The molecule has 1 fully saturated rings. The molecule has 0 amide bonds. The Balaban J connectivity index is 0.000000274. The summed E-state index contributed by atoms with van der Waals surface area (Å²) in [5.74, 6) is -0.377. The van der Waals surface area contributed by atoms with Crippen LogP contribution in [0.5, 0.6) is 0 Å². The number of carboxylic acids is 1. The summed E-state index contributed by atoms with van der Waals surface area (Å²) >= 11 is 7.42. The highest BCUT2D eigenvalue weighted by atomic mass is 35.5. The predicted octanol–water partition coefficient (Wildman–Crippen LogP) is 7.24. The highest BCUT2D eigenvalue weighted by Crippen LogP contribution is 2.36. The summed E-state index contributed by atoms with van der Waals surface area (Å²) in [6.07, 6.45) is 2.36. The molecule has 208 valence electrons. The number of aromatic carboxylic acids is 1. The second-order valence-corrected chi connectivity index (χ2v) is 12.0. The molecule has 0 radical (unpaired) electrons. The van der Waals surface area contributed by atoms with Crippen molar-refractivity contribution in [2.45, 2.75) is 45.3 Å². The van der Waals surface area contributed by atoms with Crippen molar-refractivity contribution in [1.82, 2.24) is 14.6 Å². The van der Waals surface area contributed by atoms with Gasteiger partial charge in [0.2, 0.25) is 0 Å². The second kappa shape index (κ2) is 12.4. The highest BCUT2D eigenvalue weighted by molar-refractivity contribution is 7.19. The topological polar surface area (TPSA) is 97.5 Å². The second-order valence-electron chi connectivity index (χ2n) is 10.3. The molecule has 0 bridgehead atoms. The Morgan fingerprint density at radius 3 is 2.45 bits per heavy atom. The lowest BCUT2D eigenvalue weighted by Gasteiger charge is -2.32. The number of fused-ring (bicyclic) bond motifs is 1. The molecule has 1 saturated heterocycles. The number of aromatic nitrogens is 2. The van der Waals surface area contributed by atoms with Crippen molar-refractivity contribution in [3.05, 3.63) is 88.5 Å². The van der Waals surface area contributed by atoms with E-state index in [2.05, 4.69) is 23.9 Å². The van der Waals surface area contributed by atoms with Crippen LogP contribution in [0, 0.1) is 0 Å². The van der Waals surface area contributed by atoms with Crippen LogP contribution in [-0.2, 0) is 6.54 Å². The molecule has 5 aromatic rings. The van der Waals surface area contributed by atoms with Crippen LogP contribution in [-0.4, -0.2) is 50.9 Å². The molecule has 0 spiro atoms. The number of hydrogen-bond acceptors (Lipinski definition) is 6. The Morgan fingerprint density at radius 2 is 1.80 bits per heavy atom. The molecule has 6 rings (SSSR count). The van der Waals surface area contributed by atoms with Gasteiger partial charge >= 0.3 is 5.97 Å². The van der Waals surface area contributed by atoms with Crippen molar-refractivity contribution in [1.29, 1.82) is 0 Å². The van der Waals surface area contributed by atoms with E-state index in [0.717, 1.165) is 21.3 Å². The molecule has 0 unspecified atom stereocenters. The smallest absolute Gasteiger partial charge is 0.353 e. The molecule has 7 nitrogen and oxygen atoms in total. The first-order valence-corrected chi connectivity index (χ1v) is 14.6. The van der Waals surface area contributed by atoms with Gasteiger partial charge in [0.05, 0.1) is 15.8 Å². The van der Waals surface area contributed by atoms with Gasteiger partial charge in [-0.3, -0.25) is 0 Å². The van der Waals surface area contributed by atoms with E-state index in [-0.39, 0.29) is 12.2 Å². The number of benzene rings is 2. The molecule has 0 saturated carbocycles. The lowest BCUT2D eigenvalue weighted by atomic mass is 10.0. The van der Waals surface area contributed by atoms with Gasteiger partial charge in [-0.15, -0.1) is 11.3 Å². The quantitative estimate of drug-likeness (QED) is 0.221. The number of para-hydroxylation sites is 1. The van der Waals surface area contributed by atoms with Gasteiger partial charge < -0.3 is 24.8 Å². The molecule has 40 heavy (non-hydrogen) atoms. The molecular formula is C31H33ClN4O3S. The molecule has 3 N–H and O–H groups in total. The van der Waals surface area contributed by atoms with Gasteiger partial charge in [-0.25, -0.2) is 4.79 Å². The lowest BCUT2D eigenvalue weighted by Crippen LogP contribution is -2.42. The maximum Gasteiger partial charge on any atom is 0.353 e. The molecule has 1 aliphatic rings. The number of carboxylic acid groups (broad SMARTS) is 1. The number of halogens is 1. The number of nitrogens with two attached hydrogens (primary N) is 1. The zero-order valence-corrected chi connectivity index (χ0v) is 24.2. The van der Waals surface area contributed by atoms with E-state index in [1.807, 2.05) is 66.7 Å². The maximum absolute atomic E-state index is 12.3. The van der Waals surface area contributed by atoms with Crippen molar-refractivity contribution < 1.29 is 14.4 Å². The number of hydrogen-bond donors (Lipinski definition) is 2. The highest BCUT2D eigenvalue weighted by Gasteiger charge is 2.24. The zero-order chi connectivity index (χ0) is 28.2. The van der Waals surface area contributed by atoms with Crippen molar-refractivity contribution in [3.63, 3.8) is 0 Å². The Morgan fingerprint density at radius 1 is 1.10 bits per heavy atom. The summed E-state index contributed by atoms with van der Waals surface area (Å²) in [5.41, 5.74) is 9.03. The standard InChI is InChI=1S/C23H15ClN2O3S.C8H18N2/c24-20-11-10-19(30-20)18-12-15(25-29-18)13-26-17-9-5-4-8-16(17)21(22(26)23(27)28)14-6-2-1-3-7-14;1-7(2)10-5-3-8(9)4-6-10/h1-12H,13H2,(H,27,28);7-8H,3-6,9H2,1-2H3. The molecule has 2 aromatic carbocycles. The van der Waals surface area contributed by atoms with Crippen molar-refractivity contribution in [2.75, 3.05) is 13.1 Å². The fraction of sp³-hybridized carbons (Fsp3) is 0.290. The molecule has 1 aliphatic heterocycles. The predicted molar refractivity (Wildman–Crippen MR) is 162 cm³/mol. The van der Waals surface area contributed by atoms with Crippen LogP contribution in [0.4, 0.5) is 0 Å². The number of likely N-dealkylation sites (tertiary alicyclic amines) is 1. The van der Waals surface area contributed by atoms with E-state index in [0.29, 0.717) is 33.4 Å². The van der Waals surface area contributed by atoms with E-state index in [4.69, 9.17) is 21.9 Å². The number of thiophene rings is 1. The molecule has 0 atom stereocenters. The van der Waals surface area contributed by atoms with E-state index in [1.54, 1.807) is 10.6 Å². The Labute approximate surface area is 242 Å². The minimum atomic E-state index is -0.987. The van der Waals surface area contributed by atoms with Crippen LogP contribution in [0.15, 0.2) is 77.3 Å². The van der Waals surface area contributed by atoms with Crippen LogP contribution < -0.4 is 5.73 Å². The van der Waals surface area contributed by atoms with Crippen LogP contribution >= 0.6 is 22.9 Å². The summed E-state index contributed by atoms with van der Waals surface area (Å²) in [6.45, 7) is 7.16. The summed E-state index contributed by atoms with van der Waals surface area (Å²) in [4.78, 5) is 15.7.